The molecule has 0 unspecified atom stereocenters. The maximum Gasteiger partial charge on any atom is 0.270 e. The van der Waals surface area contributed by atoms with Crippen LogP contribution in [0.15, 0.2) is 48.0 Å². The first-order chi connectivity index (χ1) is 12.4. The van der Waals surface area contributed by atoms with Gasteiger partial charge in [0.25, 0.3) is 11.8 Å². The van der Waals surface area contributed by atoms with Gasteiger partial charge in [0, 0.05) is 0 Å². The lowest BCUT2D eigenvalue weighted by Crippen LogP contribution is -2.54. The van der Waals surface area contributed by atoms with Crippen molar-refractivity contribution in [1.82, 2.24) is 5.32 Å². The van der Waals surface area contributed by atoms with Crippen LogP contribution in [0.1, 0.15) is 5.56 Å². The van der Waals surface area contributed by atoms with E-state index in [1.54, 1.807) is 49.6 Å². The Labute approximate surface area is 165 Å². The molecule has 1 saturated heterocycles. The molecule has 1 aliphatic rings. The van der Waals surface area contributed by atoms with Crippen molar-refractivity contribution >= 4 is 64.1 Å². The Morgan fingerprint density at radius 3 is 2.46 bits per heavy atom. The molecule has 0 radical (unpaired) electrons. The Hall–Kier alpha value is -2.41. The van der Waals surface area contributed by atoms with Crippen molar-refractivity contribution in [2.75, 3.05) is 12.0 Å². The number of nitrogens with zero attached hydrogens (tertiary/aromatic N) is 1. The summed E-state index contributed by atoms with van der Waals surface area (Å²) in [5.74, 6) is -0.496. The SMILES string of the molecule is COc1ccc(C=C2C(=O)NC(=S)N(c3cccc(Cl)c3Cl)C2=O)cc1. The predicted molar refractivity (Wildman–Crippen MR) is 106 cm³/mol. The lowest BCUT2D eigenvalue weighted by molar-refractivity contribution is -0.122. The van der Waals surface area contributed by atoms with E-state index in [9.17, 15) is 9.59 Å². The Balaban J connectivity index is 2.02. The molecule has 2 aromatic carbocycles. The average Bonchev–Trinajstić information content (AvgIpc) is 2.62. The van der Waals surface area contributed by atoms with Gasteiger partial charge in [-0.3, -0.25) is 19.8 Å². The third-order valence-electron chi connectivity index (χ3n) is 3.70. The van der Waals surface area contributed by atoms with Crippen LogP contribution in [0.5, 0.6) is 5.75 Å². The molecule has 2 amide bonds. The Kier molecular flexibility index (Phi) is 5.27. The van der Waals surface area contributed by atoms with Gasteiger partial charge in [-0.25, -0.2) is 0 Å². The minimum Gasteiger partial charge on any atom is -0.497 e. The number of methoxy groups -OCH3 is 1. The molecule has 132 valence electrons. The zero-order valence-corrected chi connectivity index (χ0v) is 15.8. The predicted octanol–water partition coefficient (Wildman–Crippen LogP) is 3.83. The van der Waals surface area contributed by atoms with Crippen molar-refractivity contribution in [3.05, 3.63) is 63.6 Å². The monoisotopic (exact) mass is 406 g/mol. The van der Waals surface area contributed by atoms with Gasteiger partial charge in [-0.1, -0.05) is 41.4 Å². The highest BCUT2D eigenvalue weighted by Crippen LogP contribution is 2.34. The first-order valence-corrected chi connectivity index (χ1v) is 8.58. The van der Waals surface area contributed by atoms with Crippen LogP contribution in [0.3, 0.4) is 0 Å². The van der Waals surface area contributed by atoms with E-state index in [-0.39, 0.29) is 20.7 Å². The molecule has 3 rings (SSSR count). The minimum atomic E-state index is -0.585. The molecule has 1 aliphatic heterocycles. The van der Waals surface area contributed by atoms with Crippen LogP contribution < -0.4 is 15.0 Å². The first-order valence-electron chi connectivity index (χ1n) is 7.42. The van der Waals surface area contributed by atoms with Gasteiger partial charge in [-0.2, -0.15) is 0 Å². The summed E-state index contributed by atoms with van der Waals surface area (Å²) < 4.78 is 5.10. The van der Waals surface area contributed by atoms with E-state index in [4.69, 9.17) is 40.2 Å². The molecular formula is C18H12Cl2N2O3S. The van der Waals surface area contributed by atoms with E-state index in [0.29, 0.717) is 17.0 Å². The van der Waals surface area contributed by atoms with E-state index >= 15 is 0 Å². The summed E-state index contributed by atoms with van der Waals surface area (Å²) in [6.07, 6.45) is 1.48. The minimum absolute atomic E-state index is 0.0592. The highest BCUT2D eigenvalue weighted by atomic mass is 35.5. The highest BCUT2D eigenvalue weighted by molar-refractivity contribution is 7.80. The number of thiocarbonyl (C=S) groups is 1. The molecule has 0 bridgehead atoms. The van der Waals surface area contributed by atoms with E-state index in [1.165, 1.54) is 6.08 Å². The van der Waals surface area contributed by atoms with Gasteiger partial charge in [-0.05, 0) is 48.1 Å². The van der Waals surface area contributed by atoms with Gasteiger partial charge in [0.2, 0.25) is 0 Å². The van der Waals surface area contributed by atoms with Gasteiger partial charge >= 0.3 is 0 Å². The molecule has 0 aliphatic carbocycles. The summed E-state index contributed by atoms with van der Waals surface area (Å²) in [5.41, 5.74) is 0.892. The van der Waals surface area contributed by atoms with Gasteiger partial charge in [0.15, 0.2) is 5.11 Å². The topological polar surface area (TPSA) is 58.6 Å². The normalized spacial score (nSPS) is 16.0. The number of anilines is 1. The third kappa shape index (κ3) is 3.44. The maximum absolute atomic E-state index is 12.9. The number of nitrogens with one attached hydrogen (secondary N) is 1. The molecule has 5 nitrogen and oxygen atoms in total. The number of carbonyl (C=O) groups is 2. The number of amides is 2. The van der Waals surface area contributed by atoms with Gasteiger partial charge < -0.3 is 4.74 Å². The first kappa shape index (κ1) is 18.4. The molecule has 1 fully saturated rings. The smallest absolute Gasteiger partial charge is 0.270 e. The molecular weight excluding hydrogens is 395 g/mol. The van der Waals surface area contributed by atoms with Crippen molar-refractivity contribution < 1.29 is 14.3 Å². The molecule has 1 heterocycles. The highest BCUT2D eigenvalue weighted by Gasteiger charge is 2.35. The van der Waals surface area contributed by atoms with Crippen molar-refractivity contribution in [2.45, 2.75) is 0 Å². The van der Waals surface area contributed by atoms with Crippen molar-refractivity contribution in [3.8, 4) is 5.75 Å². The van der Waals surface area contributed by atoms with Crippen molar-refractivity contribution in [3.63, 3.8) is 0 Å². The van der Waals surface area contributed by atoms with E-state index in [1.807, 2.05) is 0 Å². The van der Waals surface area contributed by atoms with Gasteiger partial charge in [0.1, 0.15) is 11.3 Å². The van der Waals surface area contributed by atoms with Crippen LogP contribution in [0.4, 0.5) is 5.69 Å². The largest absolute Gasteiger partial charge is 0.497 e. The number of carbonyl (C=O) groups excluding carboxylic acids is 2. The molecule has 0 aromatic heterocycles. The summed E-state index contributed by atoms with van der Waals surface area (Å²) in [4.78, 5) is 26.3. The molecule has 1 N–H and O–H groups in total. The summed E-state index contributed by atoms with van der Waals surface area (Å²) in [7, 11) is 1.55. The second kappa shape index (κ2) is 7.45. The number of halogens is 2. The Bertz CT molecular complexity index is 942. The number of rotatable bonds is 3. The Morgan fingerprint density at radius 2 is 1.81 bits per heavy atom. The van der Waals surface area contributed by atoms with Gasteiger partial charge in [0.05, 0.1) is 22.8 Å². The molecule has 0 saturated carbocycles. The third-order valence-corrected chi connectivity index (χ3v) is 4.79. The molecule has 26 heavy (non-hydrogen) atoms. The van der Waals surface area contributed by atoms with Crippen LogP contribution in [-0.4, -0.2) is 24.0 Å². The lowest BCUT2D eigenvalue weighted by atomic mass is 10.1. The van der Waals surface area contributed by atoms with Crippen LogP contribution in [0.2, 0.25) is 10.0 Å². The van der Waals surface area contributed by atoms with E-state index in [0.717, 1.165) is 4.90 Å². The summed E-state index contributed by atoms with van der Waals surface area (Å²) in [6, 6.07) is 11.8. The van der Waals surface area contributed by atoms with Crippen LogP contribution >= 0.6 is 35.4 Å². The Morgan fingerprint density at radius 1 is 1.12 bits per heavy atom. The van der Waals surface area contributed by atoms with Crippen molar-refractivity contribution in [1.29, 1.82) is 0 Å². The van der Waals surface area contributed by atoms with Gasteiger partial charge in [-0.15, -0.1) is 0 Å². The molecule has 8 heteroatoms. The average molecular weight is 407 g/mol. The standard InChI is InChI=1S/C18H12Cl2N2O3S/c1-25-11-7-5-10(6-8-11)9-12-16(23)21-18(26)22(17(12)24)14-4-2-3-13(19)15(14)20/h2-9H,1H3,(H,21,23,26). The fourth-order valence-corrected chi connectivity index (χ4v) is 3.06. The number of hydrogen-bond donors (Lipinski definition) is 1. The second-order valence-electron chi connectivity index (χ2n) is 5.30. The van der Waals surface area contributed by atoms with Crippen LogP contribution in [-0.2, 0) is 9.59 Å². The molecule has 0 spiro atoms. The fraction of sp³-hybridized carbons (Fsp3) is 0.0556. The number of hydrogen-bond acceptors (Lipinski definition) is 4. The zero-order valence-electron chi connectivity index (χ0n) is 13.5. The maximum atomic E-state index is 12.9. The number of benzene rings is 2. The summed E-state index contributed by atoms with van der Waals surface area (Å²) in [6.45, 7) is 0. The fourth-order valence-electron chi connectivity index (χ4n) is 2.41. The van der Waals surface area contributed by atoms with E-state index < -0.39 is 11.8 Å². The summed E-state index contributed by atoms with van der Waals surface area (Å²) in [5, 5.41) is 2.89. The molecule has 0 atom stereocenters. The zero-order chi connectivity index (χ0) is 18.8. The lowest BCUT2D eigenvalue weighted by Gasteiger charge is -2.29. The quantitative estimate of drug-likeness (QED) is 0.477. The molecule has 2 aromatic rings. The second-order valence-corrected chi connectivity index (χ2v) is 6.48. The van der Waals surface area contributed by atoms with E-state index in [2.05, 4.69) is 5.32 Å². The number of ether oxygens (including phenoxy) is 1. The van der Waals surface area contributed by atoms with Crippen LogP contribution in [0.25, 0.3) is 6.08 Å². The van der Waals surface area contributed by atoms with Crippen LogP contribution in [0, 0.1) is 0 Å². The summed E-state index contributed by atoms with van der Waals surface area (Å²) >= 11 is 17.4. The van der Waals surface area contributed by atoms with Crippen molar-refractivity contribution in [2.24, 2.45) is 0 Å².